The Morgan fingerprint density at radius 1 is 1.00 bits per heavy atom. The molecule has 9 heteroatoms. The molecule has 218 valence electrons. The van der Waals surface area contributed by atoms with Crippen LogP contribution in [0.25, 0.3) is 10.9 Å². The number of aromatic amines is 1. The van der Waals surface area contributed by atoms with Crippen LogP contribution in [0.3, 0.4) is 0 Å². The summed E-state index contributed by atoms with van der Waals surface area (Å²) < 4.78 is 10.6. The van der Waals surface area contributed by atoms with Crippen molar-refractivity contribution < 1.29 is 28.7 Å². The van der Waals surface area contributed by atoms with Gasteiger partial charge in [0.15, 0.2) is 11.6 Å². The zero-order chi connectivity index (χ0) is 29.6. The molecule has 41 heavy (non-hydrogen) atoms. The molecule has 3 aromatic rings. The number of fused-ring (bicyclic) bond motifs is 1. The molecule has 2 aromatic carbocycles. The average Bonchev–Trinajstić information content (AvgIpc) is 3.58. The summed E-state index contributed by atoms with van der Waals surface area (Å²) in [5, 5.41) is 6.47. The number of epoxide rings is 1. The Balaban J connectivity index is 1.46. The number of ether oxygens (including phenoxy) is 2. The summed E-state index contributed by atoms with van der Waals surface area (Å²) in [6, 6.07) is 15.4. The van der Waals surface area contributed by atoms with Gasteiger partial charge in [-0.3, -0.25) is 14.4 Å². The fraction of sp³-hybridized carbons (Fsp3) is 0.438. The van der Waals surface area contributed by atoms with Crippen LogP contribution in [0.5, 0.6) is 0 Å². The number of benzene rings is 2. The van der Waals surface area contributed by atoms with Gasteiger partial charge in [-0.25, -0.2) is 4.79 Å². The zero-order valence-electron chi connectivity index (χ0n) is 24.1. The molecule has 1 aliphatic rings. The number of amides is 2. The van der Waals surface area contributed by atoms with Gasteiger partial charge in [-0.15, -0.1) is 0 Å². The quantitative estimate of drug-likeness (QED) is 0.249. The van der Waals surface area contributed by atoms with Crippen LogP contribution in [-0.4, -0.2) is 52.8 Å². The maximum absolute atomic E-state index is 13.7. The van der Waals surface area contributed by atoms with Crippen molar-refractivity contribution in [2.75, 3.05) is 6.61 Å². The highest BCUT2D eigenvalue weighted by atomic mass is 16.6. The summed E-state index contributed by atoms with van der Waals surface area (Å²) in [5.41, 5.74) is 1.76. The van der Waals surface area contributed by atoms with E-state index in [-0.39, 0.29) is 42.8 Å². The summed E-state index contributed by atoms with van der Waals surface area (Å²) in [7, 11) is 0. The third-order valence-electron chi connectivity index (χ3n) is 7.43. The number of H-pyrrole nitrogens is 1. The standard InChI is InChI=1S/C32H39N3O6/c1-20(2)14-27(29(37)32(4)19-41-32)35-30(38)23(15-24-17-33-26-13-9-8-12-25(24)26)16-28(36)21(3)34-31(39)40-18-22-10-6-5-7-11-22/h5-13,17,20-21,23,27,33H,14-16,18-19H2,1-4H3,(H,34,39)(H,35,38)/t21-,23+,27-,32?/m0/s1. The highest BCUT2D eigenvalue weighted by Crippen LogP contribution is 2.30. The number of para-hydroxylation sites is 1. The molecule has 2 heterocycles. The Morgan fingerprint density at radius 2 is 1.68 bits per heavy atom. The first-order valence-electron chi connectivity index (χ1n) is 14.1. The van der Waals surface area contributed by atoms with Crippen molar-refractivity contribution in [3.63, 3.8) is 0 Å². The van der Waals surface area contributed by atoms with E-state index in [1.54, 1.807) is 13.8 Å². The molecule has 1 aliphatic heterocycles. The van der Waals surface area contributed by atoms with Crippen molar-refractivity contribution in [3.8, 4) is 0 Å². The van der Waals surface area contributed by atoms with E-state index < -0.39 is 29.7 Å². The van der Waals surface area contributed by atoms with E-state index in [1.165, 1.54) is 0 Å². The molecule has 1 aromatic heterocycles. The van der Waals surface area contributed by atoms with Crippen LogP contribution in [-0.2, 0) is 36.9 Å². The van der Waals surface area contributed by atoms with Gasteiger partial charge in [0.2, 0.25) is 5.91 Å². The number of hydrogen-bond donors (Lipinski definition) is 3. The maximum Gasteiger partial charge on any atom is 0.408 e. The van der Waals surface area contributed by atoms with Crippen molar-refractivity contribution in [1.29, 1.82) is 0 Å². The number of rotatable bonds is 14. The second-order valence-corrected chi connectivity index (χ2v) is 11.4. The second-order valence-electron chi connectivity index (χ2n) is 11.4. The van der Waals surface area contributed by atoms with Crippen molar-refractivity contribution in [3.05, 3.63) is 71.9 Å². The molecule has 1 unspecified atom stereocenters. The van der Waals surface area contributed by atoms with Crippen molar-refractivity contribution in [1.82, 2.24) is 15.6 Å². The molecule has 0 saturated carbocycles. The van der Waals surface area contributed by atoms with Gasteiger partial charge < -0.3 is 25.1 Å². The van der Waals surface area contributed by atoms with E-state index in [0.29, 0.717) is 13.0 Å². The fourth-order valence-corrected chi connectivity index (χ4v) is 4.88. The molecule has 4 rings (SSSR count). The lowest BCUT2D eigenvalue weighted by atomic mass is 9.89. The topological polar surface area (TPSA) is 130 Å². The van der Waals surface area contributed by atoms with E-state index in [9.17, 15) is 19.2 Å². The van der Waals surface area contributed by atoms with Crippen LogP contribution in [0, 0.1) is 11.8 Å². The Labute approximate surface area is 240 Å². The molecule has 9 nitrogen and oxygen atoms in total. The zero-order valence-corrected chi connectivity index (χ0v) is 24.1. The van der Waals surface area contributed by atoms with Gasteiger partial charge in [0.1, 0.15) is 12.2 Å². The molecule has 0 bridgehead atoms. The minimum absolute atomic E-state index is 0.0765. The number of Topliss-reactive ketones (excluding diaryl/α,β-unsaturated/α-hetero) is 2. The van der Waals surface area contributed by atoms with Crippen LogP contribution in [0.2, 0.25) is 0 Å². The SMILES string of the molecule is CC(C)C[C@H](NC(=O)[C@@H](CC(=O)[C@H](C)NC(=O)OCc1ccccc1)Cc1c[nH]c2ccccc12)C(=O)C1(C)CO1. The van der Waals surface area contributed by atoms with Gasteiger partial charge in [-0.1, -0.05) is 62.4 Å². The Kier molecular flexibility index (Phi) is 9.60. The normalized spacial score (nSPS) is 18.4. The molecule has 2 amide bonds. The molecule has 4 atom stereocenters. The Morgan fingerprint density at radius 3 is 2.37 bits per heavy atom. The summed E-state index contributed by atoms with van der Waals surface area (Å²) >= 11 is 0. The van der Waals surface area contributed by atoms with E-state index in [1.807, 2.05) is 74.6 Å². The monoisotopic (exact) mass is 561 g/mol. The van der Waals surface area contributed by atoms with Crippen molar-refractivity contribution in [2.45, 2.75) is 71.2 Å². The van der Waals surface area contributed by atoms with Crippen LogP contribution in [0.15, 0.2) is 60.8 Å². The predicted molar refractivity (Wildman–Crippen MR) is 155 cm³/mol. The van der Waals surface area contributed by atoms with Crippen molar-refractivity contribution >= 4 is 34.5 Å². The minimum Gasteiger partial charge on any atom is -0.445 e. The summed E-state index contributed by atoms with van der Waals surface area (Å²) in [4.78, 5) is 55.7. The van der Waals surface area contributed by atoms with Gasteiger partial charge in [-0.05, 0) is 49.8 Å². The third kappa shape index (κ3) is 8.04. The van der Waals surface area contributed by atoms with Gasteiger partial charge in [0.05, 0.1) is 18.7 Å². The Hall–Kier alpha value is -3.98. The number of alkyl carbamates (subject to hydrolysis) is 1. The molecule has 1 fully saturated rings. The molecule has 3 N–H and O–H groups in total. The first-order chi connectivity index (χ1) is 19.6. The highest BCUT2D eigenvalue weighted by molar-refractivity contribution is 5.98. The van der Waals surface area contributed by atoms with Gasteiger partial charge in [-0.2, -0.15) is 0 Å². The largest absolute Gasteiger partial charge is 0.445 e. The predicted octanol–water partition coefficient (Wildman–Crippen LogP) is 4.49. The van der Waals surface area contributed by atoms with Gasteiger partial charge >= 0.3 is 6.09 Å². The first-order valence-corrected chi connectivity index (χ1v) is 14.1. The maximum atomic E-state index is 13.7. The summed E-state index contributed by atoms with van der Waals surface area (Å²) in [6.45, 7) is 7.68. The van der Waals surface area contributed by atoms with E-state index in [2.05, 4.69) is 15.6 Å². The van der Waals surface area contributed by atoms with Gasteiger partial charge in [0, 0.05) is 29.4 Å². The molecular formula is C32H39N3O6. The highest BCUT2D eigenvalue weighted by Gasteiger charge is 2.50. The lowest BCUT2D eigenvalue weighted by Gasteiger charge is -2.25. The number of carbonyl (C=O) groups is 4. The molecular weight excluding hydrogens is 522 g/mol. The van der Waals surface area contributed by atoms with E-state index in [0.717, 1.165) is 22.0 Å². The average molecular weight is 562 g/mol. The van der Waals surface area contributed by atoms with E-state index >= 15 is 0 Å². The van der Waals surface area contributed by atoms with Crippen LogP contribution >= 0.6 is 0 Å². The lowest BCUT2D eigenvalue weighted by Crippen LogP contribution is -2.49. The number of hydrogen-bond acceptors (Lipinski definition) is 6. The number of nitrogens with one attached hydrogen (secondary N) is 3. The van der Waals surface area contributed by atoms with Crippen LogP contribution in [0.4, 0.5) is 4.79 Å². The fourth-order valence-electron chi connectivity index (χ4n) is 4.88. The van der Waals surface area contributed by atoms with Crippen molar-refractivity contribution in [2.24, 2.45) is 11.8 Å². The smallest absolute Gasteiger partial charge is 0.408 e. The molecule has 0 radical (unpaired) electrons. The molecule has 1 saturated heterocycles. The first kappa shape index (κ1) is 30.0. The number of ketones is 2. The summed E-state index contributed by atoms with van der Waals surface area (Å²) in [6.07, 6.45) is 1.74. The summed E-state index contributed by atoms with van der Waals surface area (Å²) in [5.74, 6) is -1.46. The lowest BCUT2D eigenvalue weighted by molar-refractivity contribution is -0.134. The second kappa shape index (κ2) is 13.1. The minimum atomic E-state index is -0.881. The Bertz CT molecular complexity index is 1380. The van der Waals surface area contributed by atoms with E-state index in [4.69, 9.17) is 9.47 Å². The third-order valence-corrected chi connectivity index (χ3v) is 7.43. The molecule has 0 aliphatic carbocycles. The number of aromatic nitrogens is 1. The number of carbonyl (C=O) groups excluding carboxylic acids is 4. The van der Waals surface area contributed by atoms with Crippen LogP contribution in [0.1, 0.15) is 51.7 Å². The van der Waals surface area contributed by atoms with Gasteiger partial charge in [0.25, 0.3) is 0 Å². The molecule has 0 spiro atoms. The van der Waals surface area contributed by atoms with Crippen LogP contribution < -0.4 is 10.6 Å².